The van der Waals surface area contributed by atoms with Crippen molar-refractivity contribution in [2.45, 2.75) is 26.3 Å². The van der Waals surface area contributed by atoms with Gasteiger partial charge in [0.1, 0.15) is 24.2 Å². The highest BCUT2D eigenvalue weighted by Gasteiger charge is 2.36. The molecule has 0 bridgehead atoms. The van der Waals surface area contributed by atoms with Crippen molar-refractivity contribution < 1.29 is 28.2 Å². The minimum absolute atomic E-state index is 0.0553. The van der Waals surface area contributed by atoms with E-state index in [0.717, 1.165) is 16.5 Å². The minimum atomic E-state index is -0.870. The lowest BCUT2D eigenvalue weighted by atomic mass is 9.94. The van der Waals surface area contributed by atoms with Crippen molar-refractivity contribution in [1.29, 1.82) is 0 Å². The van der Waals surface area contributed by atoms with Crippen LogP contribution in [0.25, 0.3) is 17.4 Å². The third-order valence-electron chi connectivity index (χ3n) is 6.77. The number of furan rings is 1. The van der Waals surface area contributed by atoms with Crippen LogP contribution in [0, 0.1) is 0 Å². The van der Waals surface area contributed by atoms with E-state index < -0.39 is 12.0 Å². The summed E-state index contributed by atoms with van der Waals surface area (Å²) >= 11 is 4.67. The molecule has 5 rings (SSSR count). The van der Waals surface area contributed by atoms with Gasteiger partial charge in [0.2, 0.25) is 0 Å². The second kappa shape index (κ2) is 13.6. The number of fused-ring (bicyclic) bond motifs is 1. The van der Waals surface area contributed by atoms with Gasteiger partial charge in [0.15, 0.2) is 16.3 Å². The van der Waals surface area contributed by atoms with Crippen LogP contribution in [0.2, 0.25) is 0 Å². The predicted molar refractivity (Wildman–Crippen MR) is 167 cm³/mol. The second-order valence-corrected chi connectivity index (χ2v) is 11.6. The molecule has 0 fully saturated rings. The van der Waals surface area contributed by atoms with Gasteiger partial charge in [-0.2, -0.15) is 0 Å². The molecule has 1 atom stereocenters. The Hall–Kier alpha value is -3.93. The number of esters is 1. The zero-order valence-electron chi connectivity index (χ0n) is 24.2. The number of thiazole rings is 1. The average Bonchev–Trinajstić information content (AvgIpc) is 3.59. The molecule has 1 aliphatic heterocycles. The molecular weight excluding hydrogens is 636 g/mol. The molecule has 4 aromatic rings. The summed E-state index contributed by atoms with van der Waals surface area (Å²) in [6.45, 7) is 4.45. The van der Waals surface area contributed by atoms with Crippen molar-refractivity contribution in [1.82, 2.24) is 4.57 Å². The van der Waals surface area contributed by atoms with Gasteiger partial charge in [-0.25, -0.2) is 9.79 Å². The maximum atomic E-state index is 14.1. The number of nitrogens with zero attached hydrogens (tertiary/aromatic N) is 2. The van der Waals surface area contributed by atoms with Crippen molar-refractivity contribution >= 4 is 39.3 Å². The molecule has 11 heteroatoms. The van der Waals surface area contributed by atoms with E-state index in [4.69, 9.17) is 23.4 Å². The summed E-state index contributed by atoms with van der Waals surface area (Å²) in [5.41, 5.74) is 1.85. The van der Waals surface area contributed by atoms with Crippen LogP contribution in [0.3, 0.4) is 0 Å². The van der Waals surface area contributed by atoms with Crippen LogP contribution in [-0.4, -0.2) is 44.6 Å². The van der Waals surface area contributed by atoms with E-state index in [1.165, 1.54) is 23.0 Å². The van der Waals surface area contributed by atoms with Crippen molar-refractivity contribution in [2.24, 2.45) is 4.99 Å². The Balaban J connectivity index is 1.66. The van der Waals surface area contributed by atoms with Gasteiger partial charge in [-0.3, -0.25) is 9.36 Å². The lowest BCUT2D eigenvalue weighted by Crippen LogP contribution is -2.40. The number of ether oxygens (including phenoxy) is 4. The summed E-state index contributed by atoms with van der Waals surface area (Å²) in [5.74, 6) is 1.55. The fourth-order valence-electron chi connectivity index (χ4n) is 4.77. The number of allylic oxidation sites excluding steroid dienone is 1. The zero-order valence-corrected chi connectivity index (χ0v) is 26.6. The first-order chi connectivity index (χ1) is 20.9. The van der Waals surface area contributed by atoms with Gasteiger partial charge in [0, 0.05) is 28.8 Å². The molecule has 2 aromatic heterocycles. The minimum Gasteiger partial charge on any atom is -0.493 e. The molecule has 224 valence electrons. The molecule has 1 aliphatic rings. The lowest BCUT2D eigenvalue weighted by molar-refractivity contribution is -0.140. The summed E-state index contributed by atoms with van der Waals surface area (Å²) in [5, 5.41) is 0. The summed E-state index contributed by atoms with van der Waals surface area (Å²) in [6, 6.07) is 16.0. The van der Waals surface area contributed by atoms with E-state index >= 15 is 0 Å². The topological polar surface area (TPSA) is 101 Å². The van der Waals surface area contributed by atoms with Crippen LogP contribution in [0.1, 0.15) is 37.6 Å². The molecule has 9 nitrogen and oxygen atoms in total. The van der Waals surface area contributed by atoms with E-state index in [-0.39, 0.29) is 24.3 Å². The number of hydrogen-bond acceptors (Lipinski definition) is 9. The van der Waals surface area contributed by atoms with E-state index in [0.29, 0.717) is 50.2 Å². The monoisotopic (exact) mass is 666 g/mol. The molecule has 0 amide bonds. The van der Waals surface area contributed by atoms with Crippen molar-refractivity contribution in [3.05, 3.63) is 101 Å². The first-order valence-electron chi connectivity index (χ1n) is 13.7. The number of carbonyl (C=O) groups is 1. The Labute approximate surface area is 260 Å². The Morgan fingerprint density at radius 3 is 2.60 bits per heavy atom. The maximum Gasteiger partial charge on any atom is 0.338 e. The number of benzene rings is 2. The normalized spacial score (nSPS) is 14.8. The fraction of sp³-hybridized carbons (Fsp3) is 0.281. The standard InChI is InChI=1S/C32H31BrN2O7S/c1-5-15-40-29-23(7-6-8-25(29)39-4)28-27(31(37)41-17-16-38-3)19(2)34-32-35(28)30(36)26(43-32)18-22-13-14-24(42-22)20-9-11-21(33)12-10-20/h6-14,18,28H,5,15-17H2,1-4H3/b26-18+/t28-/m1/s1. The number of halogens is 1. The quantitative estimate of drug-likeness (QED) is 0.159. The van der Waals surface area contributed by atoms with Gasteiger partial charge in [-0.15, -0.1) is 0 Å². The molecule has 0 N–H and O–H groups in total. The Morgan fingerprint density at radius 2 is 1.88 bits per heavy atom. The number of methoxy groups -OCH3 is 2. The third kappa shape index (κ3) is 6.39. The summed E-state index contributed by atoms with van der Waals surface area (Å²) in [6.07, 6.45) is 2.45. The van der Waals surface area contributed by atoms with Gasteiger partial charge in [-0.1, -0.05) is 58.5 Å². The first kappa shape index (κ1) is 30.5. The fourth-order valence-corrected chi connectivity index (χ4v) is 6.06. The van der Waals surface area contributed by atoms with Crippen molar-refractivity contribution in [3.8, 4) is 22.8 Å². The smallest absolute Gasteiger partial charge is 0.338 e. The van der Waals surface area contributed by atoms with Crippen LogP contribution in [0.4, 0.5) is 0 Å². The second-order valence-electron chi connectivity index (χ2n) is 9.65. The molecular formula is C32H31BrN2O7S. The number of aromatic nitrogens is 1. The number of para-hydroxylation sites is 1. The largest absolute Gasteiger partial charge is 0.493 e. The molecule has 2 aromatic carbocycles. The number of rotatable bonds is 11. The molecule has 0 radical (unpaired) electrons. The van der Waals surface area contributed by atoms with E-state index in [1.807, 2.05) is 49.4 Å². The highest BCUT2D eigenvalue weighted by molar-refractivity contribution is 9.10. The van der Waals surface area contributed by atoms with Gasteiger partial charge < -0.3 is 23.4 Å². The average molecular weight is 668 g/mol. The van der Waals surface area contributed by atoms with Crippen molar-refractivity contribution in [3.63, 3.8) is 0 Å². The Morgan fingerprint density at radius 1 is 1.09 bits per heavy atom. The Kier molecular flexibility index (Phi) is 9.64. The van der Waals surface area contributed by atoms with Crippen molar-refractivity contribution in [2.75, 3.05) is 34.0 Å². The third-order valence-corrected chi connectivity index (χ3v) is 8.28. The van der Waals surface area contributed by atoms with Crippen LogP contribution in [0.5, 0.6) is 11.5 Å². The molecule has 0 unspecified atom stereocenters. The van der Waals surface area contributed by atoms with E-state index in [2.05, 4.69) is 20.9 Å². The summed E-state index contributed by atoms with van der Waals surface area (Å²) < 4.78 is 31.3. The molecule has 0 saturated carbocycles. The molecule has 3 heterocycles. The summed E-state index contributed by atoms with van der Waals surface area (Å²) in [7, 11) is 3.08. The number of carbonyl (C=O) groups excluding carboxylic acids is 1. The molecule has 0 spiro atoms. The van der Waals surface area contributed by atoms with Crippen LogP contribution >= 0.6 is 27.3 Å². The molecule has 0 aliphatic carbocycles. The zero-order chi connectivity index (χ0) is 30.5. The molecule has 0 saturated heterocycles. The van der Waals surface area contributed by atoms with E-state index in [9.17, 15) is 9.59 Å². The molecule has 43 heavy (non-hydrogen) atoms. The highest BCUT2D eigenvalue weighted by atomic mass is 79.9. The first-order valence-corrected chi connectivity index (χ1v) is 15.3. The summed E-state index contributed by atoms with van der Waals surface area (Å²) in [4.78, 5) is 32.7. The van der Waals surface area contributed by atoms with Crippen LogP contribution in [-0.2, 0) is 14.3 Å². The maximum absolute atomic E-state index is 14.1. The predicted octanol–water partition coefficient (Wildman–Crippen LogP) is 5.24. The van der Waals surface area contributed by atoms with Gasteiger partial charge in [-0.05, 0) is 43.7 Å². The van der Waals surface area contributed by atoms with E-state index in [1.54, 1.807) is 32.2 Å². The Bertz CT molecular complexity index is 1840. The van der Waals surface area contributed by atoms with Gasteiger partial charge in [0.05, 0.1) is 36.1 Å². The highest BCUT2D eigenvalue weighted by Crippen LogP contribution is 2.41. The van der Waals surface area contributed by atoms with Gasteiger partial charge in [0.25, 0.3) is 5.56 Å². The SMILES string of the molecule is CCCOc1c(OC)cccc1[C@@H]1C(C(=O)OCCOC)=C(C)N=c2s/c(=C/c3ccc(-c4ccc(Br)cc4)o3)c(=O)n21. The van der Waals surface area contributed by atoms with Crippen LogP contribution in [0.15, 0.2) is 84.5 Å². The lowest BCUT2D eigenvalue weighted by Gasteiger charge is -2.27. The van der Waals surface area contributed by atoms with Crippen LogP contribution < -0.4 is 24.4 Å². The number of hydrogen-bond donors (Lipinski definition) is 0. The van der Waals surface area contributed by atoms with Gasteiger partial charge >= 0.3 is 5.97 Å².